The molecule has 1 aromatic heterocycles. The van der Waals surface area contributed by atoms with E-state index in [0.29, 0.717) is 0 Å². The highest BCUT2D eigenvalue weighted by Gasteiger charge is 2.63. The Kier molecular flexibility index (Phi) is 2.15. The number of hydrogen-bond acceptors (Lipinski definition) is 3. The minimum absolute atomic E-state index is 0.101. The van der Waals surface area contributed by atoms with Gasteiger partial charge in [0.05, 0.1) is 0 Å². The summed E-state index contributed by atoms with van der Waals surface area (Å²) >= 11 is 0. The van der Waals surface area contributed by atoms with Gasteiger partial charge in [0.1, 0.15) is 6.10 Å². The molecule has 0 saturated carbocycles. The van der Waals surface area contributed by atoms with Crippen molar-refractivity contribution in [3.63, 3.8) is 0 Å². The van der Waals surface area contributed by atoms with Crippen molar-refractivity contribution < 1.29 is 9.53 Å². The molecule has 1 aromatic carbocycles. The predicted molar refractivity (Wildman–Crippen MR) is 69.9 cm³/mol. The first-order chi connectivity index (χ1) is 9.31. The molecule has 1 spiro atoms. The van der Waals surface area contributed by atoms with Gasteiger partial charge in [0.2, 0.25) is 0 Å². The number of benzene rings is 1. The molecule has 2 atom stereocenters. The first-order valence-corrected chi connectivity index (χ1v) is 6.52. The Labute approximate surface area is 111 Å². The molecular weight excluding hydrogens is 238 g/mol. The molecule has 3 nitrogen and oxygen atoms in total. The molecule has 0 bridgehead atoms. The van der Waals surface area contributed by atoms with Crippen LogP contribution in [0.2, 0.25) is 0 Å². The van der Waals surface area contributed by atoms with Crippen LogP contribution in [0.3, 0.4) is 0 Å². The number of fused-ring (bicyclic) bond motifs is 1. The highest BCUT2D eigenvalue weighted by molar-refractivity contribution is 6.07. The molecular formula is C16H13NO2. The molecule has 3 heteroatoms. The standard InChI is InChI=1S/C16H13NO2/c18-14-13-4-2-1-3-11(13)5-8-16(14)15(19-16)12-6-9-17-10-7-12/h1-4,6-7,9-10,15H,5,8H2. The molecule has 1 saturated heterocycles. The first kappa shape index (κ1) is 10.9. The van der Waals surface area contributed by atoms with E-state index in [1.807, 2.05) is 36.4 Å². The maximum atomic E-state index is 12.6. The van der Waals surface area contributed by atoms with Crippen molar-refractivity contribution in [2.24, 2.45) is 0 Å². The fourth-order valence-corrected chi connectivity index (χ4v) is 3.04. The van der Waals surface area contributed by atoms with Crippen LogP contribution in [0.25, 0.3) is 0 Å². The van der Waals surface area contributed by atoms with Crippen molar-refractivity contribution in [3.05, 3.63) is 65.5 Å². The average Bonchev–Trinajstić information content (AvgIpc) is 3.20. The van der Waals surface area contributed by atoms with Crippen molar-refractivity contribution in [1.29, 1.82) is 0 Å². The zero-order chi connectivity index (χ0) is 12.9. The molecule has 2 unspecified atom stereocenters. The number of ether oxygens (including phenoxy) is 1. The lowest BCUT2D eigenvalue weighted by molar-refractivity contribution is 0.0850. The van der Waals surface area contributed by atoms with E-state index in [2.05, 4.69) is 4.98 Å². The molecule has 1 aliphatic heterocycles. The minimum Gasteiger partial charge on any atom is -0.352 e. The number of carbonyl (C=O) groups is 1. The largest absolute Gasteiger partial charge is 0.352 e. The van der Waals surface area contributed by atoms with Crippen molar-refractivity contribution in [2.75, 3.05) is 0 Å². The Bertz CT molecular complexity index is 653. The highest BCUT2D eigenvalue weighted by Crippen LogP contribution is 2.56. The molecule has 94 valence electrons. The summed E-state index contributed by atoms with van der Waals surface area (Å²) in [5.41, 5.74) is 2.39. The fraction of sp³-hybridized carbons (Fsp3) is 0.250. The monoisotopic (exact) mass is 251 g/mol. The van der Waals surface area contributed by atoms with Crippen LogP contribution in [0, 0.1) is 0 Å². The van der Waals surface area contributed by atoms with E-state index in [4.69, 9.17) is 4.74 Å². The van der Waals surface area contributed by atoms with Crippen molar-refractivity contribution in [1.82, 2.24) is 4.98 Å². The number of aryl methyl sites for hydroxylation is 1. The second kappa shape index (κ2) is 3.75. The third kappa shape index (κ3) is 1.48. The van der Waals surface area contributed by atoms with Crippen LogP contribution in [0.4, 0.5) is 0 Å². The molecule has 2 heterocycles. The van der Waals surface area contributed by atoms with Gasteiger partial charge in [0.15, 0.2) is 11.4 Å². The molecule has 1 fully saturated rings. The summed E-state index contributed by atoms with van der Waals surface area (Å²) in [5, 5.41) is 0. The molecule has 0 radical (unpaired) electrons. The van der Waals surface area contributed by atoms with Crippen LogP contribution in [0.15, 0.2) is 48.8 Å². The lowest BCUT2D eigenvalue weighted by atomic mass is 9.79. The number of carbonyl (C=O) groups excluding carboxylic acids is 1. The van der Waals surface area contributed by atoms with Crippen LogP contribution in [-0.2, 0) is 11.2 Å². The van der Waals surface area contributed by atoms with E-state index >= 15 is 0 Å². The Hall–Kier alpha value is -2.00. The predicted octanol–water partition coefficient (Wildman–Crippen LogP) is 2.72. The number of ketones is 1. The van der Waals surface area contributed by atoms with Crippen LogP contribution in [0.1, 0.15) is 34.0 Å². The van der Waals surface area contributed by atoms with E-state index in [0.717, 1.165) is 29.5 Å². The average molecular weight is 251 g/mol. The third-order valence-electron chi connectivity index (χ3n) is 4.12. The van der Waals surface area contributed by atoms with Gasteiger partial charge in [-0.25, -0.2) is 0 Å². The number of aromatic nitrogens is 1. The van der Waals surface area contributed by atoms with Gasteiger partial charge in [-0.3, -0.25) is 9.78 Å². The van der Waals surface area contributed by atoms with Gasteiger partial charge in [-0.1, -0.05) is 24.3 Å². The minimum atomic E-state index is -0.615. The van der Waals surface area contributed by atoms with E-state index in [1.54, 1.807) is 12.4 Å². The smallest absolute Gasteiger partial charge is 0.198 e. The summed E-state index contributed by atoms with van der Waals surface area (Å²) < 4.78 is 5.82. The van der Waals surface area contributed by atoms with Crippen molar-refractivity contribution >= 4 is 5.78 Å². The van der Waals surface area contributed by atoms with E-state index < -0.39 is 5.60 Å². The Morgan fingerprint density at radius 3 is 2.79 bits per heavy atom. The highest BCUT2D eigenvalue weighted by atomic mass is 16.6. The fourth-order valence-electron chi connectivity index (χ4n) is 3.04. The summed E-state index contributed by atoms with van der Waals surface area (Å²) in [6.07, 6.45) is 5.06. The summed E-state index contributed by atoms with van der Waals surface area (Å²) in [6.45, 7) is 0. The Balaban J connectivity index is 1.71. The lowest BCUT2D eigenvalue weighted by Gasteiger charge is -2.20. The molecule has 0 N–H and O–H groups in total. The summed E-state index contributed by atoms with van der Waals surface area (Å²) in [4.78, 5) is 16.6. The van der Waals surface area contributed by atoms with Gasteiger partial charge in [-0.2, -0.15) is 0 Å². The summed E-state index contributed by atoms with van der Waals surface area (Å²) in [7, 11) is 0. The normalized spacial score (nSPS) is 28.2. The molecule has 19 heavy (non-hydrogen) atoms. The Morgan fingerprint density at radius 2 is 1.95 bits per heavy atom. The van der Waals surface area contributed by atoms with E-state index in [-0.39, 0.29) is 11.9 Å². The van der Waals surface area contributed by atoms with Gasteiger partial charge in [0, 0.05) is 18.0 Å². The van der Waals surface area contributed by atoms with Crippen LogP contribution < -0.4 is 0 Å². The molecule has 2 aliphatic rings. The second-order valence-electron chi connectivity index (χ2n) is 5.15. The number of epoxide rings is 1. The first-order valence-electron chi connectivity index (χ1n) is 6.52. The van der Waals surface area contributed by atoms with Gasteiger partial charge in [0.25, 0.3) is 0 Å². The number of rotatable bonds is 1. The van der Waals surface area contributed by atoms with Crippen LogP contribution in [-0.4, -0.2) is 16.4 Å². The second-order valence-corrected chi connectivity index (χ2v) is 5.15. The number of hydrogen-bond donors (Lipinski definition) is 0. The maximum absolute atomic E-state index is 12.6. The molecule has 2 aromatic rings. The van der Waals surface area contributed by atoms with Gasteiger partial charge < -0.3 is 4.74 Å². The van der Waals surface area contributed by atoms with Gasteiger partial charge in [-0.05, 0) is 36.1 Å². The topological polar surface area (TPSA) is 42.5 Å². The van der Waals surface area contributed by atoms with Gasteiger partial charge >= 0.3 is 0 Å². The zero-order valence-electron chi connectivity index (χ0n) is 10.4. The number of Topliss-reactive ketones (excluding diaryl/α,β-unsaturated/α-hetero) is 1. The van der Waals surface area contributed by atoms with Crippen molar-refractivity contribution in [3.8, 4) is 0 Å². The van der Waals surface area contributed by atoms with E-state index in [9.17, 15) is 4.79 Å². The van der Waals surface area contributed by atoms with E-state index in [1.165, 1.54) is 0 Å². The van der Waals surface area contributed by atoms with Crippen LogP contribution in [0.5, 0.6) is 0 Å². The SMILES string of the molecule is O=C1c2ccccc2CCC12OC2c1ccncc1. The molecule has 1 aliphatic carbocycles. The number of pyridine rings is 1. The maximum Gasteiger partial charge on any atom is 0.198 e. The zero-order valence-corrected chi connectivity index (χ0v) is 10.4. The lowest BCUT2D eigenvalue weighted by Crippen LogP contribution is -2.31. The third-order valence-corrected chi connectivity index (χ3v) is 4.12. The summed E-state index contributed by atoms with van der Waals surface area (Å²) in [6, 6.07) is 11.7. The quantitative estimate of drug-likeness (QED) is 0.732. The van der Waals surface area contributed by atoms with Crippen LogP contribution >= 0.6 is 0 Å². The summed E-state index contributed by atoms with van der Waals surface area (Å²) in [5.74, 6) is 0.135. The number of nitrogens with zero attached hydrogens (tertiary/aromatic N) is 1. The van der Waals surface area contributed by atoms with Crippen molar-refractivity contribution in [2.45, 2.75) is 24.5 Å². The molecule has 0 amide bonds. The van der Waals surface area contributed by atoms with Gasteiger partial charge in [-0.15, -0.1) is 0 Å². The Morgan fingerprint density at radius 1 is 1.16 bits per heavy atom. The molecule has 4 rings (SSSR count).